The van der Waals surface area contributed by atoms with Gasteiger partial charge in [-0.25, -0.2) is 4.18 Å². The van der Waals surface area contributed by atoms with Crippen molar-refractivity contribution in [2.24, 2.45) is 0 Å². The second-order valence-corrected chi connectivity index (χ2v) is 4.72. The van der Waals surface area contributed by atoms with Gasteiger partial charge in [0.15, 0.2) is 6.10 Å². The number of alkyl halides is 1. The maximum atomic E-state index is 13.5. The fourth-order valence-corrected chi connectivity index (χ4v) is 1.72. The van der Waals surface area contributed by atoms with E-state index in [1.807, 2.05) is 0 Å². The van der Waals surface area contributed by atoms with E-state index in [0.29, 0.717) is 6.26 Å². The standard InChI is InChI=1S/C6H11FO7S/c1-15(11,12)14-6(7)5(10)4(9)3(2-8)13-6/h3-5,8-10H,2H2,1H3/t3-,4-,5-,6?/m1/s1. The molecule has 0 radical (unpaired) electrons. The predicted octanol–water partition coefficient (Wildman–Crippen LogP) is -2.30. The number of rotatable bonds is 3. The van der Waals surface area contributed by atoms with Crippen molar-refractivity contribution in [1.29, 1.82) is 0 Å². The van der Waals surface area contributed by atoms with E-state index in [1.165, 1.54) is 0 Å². The molecule has 3 N–H and O–H groups in total. The van der Waals surface area contributed by atoms with Gasteiger partial charge >= 0.3 is 6.04 Å². The zero-order valence-electron chi connectivity index (χ0n) is 7.70. The lowest BCUT2D eigenvalue weighted by Crippen LogP contribution is -2.42. The second-order valence-electron chi connectivity index (χ2n) is 3.14. The molecule has 1 unspecified atom stereocenters. The van der Waals surface area contributed by atoms with Crippen LogP contribution >= 0.6 is 0 Å². The highest BCUT2D eigenvalue weighted by atomic mass is 32.2. The van der Waals surface area contributed by atoms with Gasteiger partial charge in [-0.3, -0.25) is 0 Å². The number of hydrogen-bond donors (Lipinski definition) is 3. The van der Waals surface area contributed by atoms with Gasteiger partial charge in [0.05, 0.1) is 12.9 Å². The normalized spacial score (nSPS) is 42.1. The lowest BCUT2D eigenvalue weighted by Gasteiger charge is -2.20. The largest absolute Gasteiger partial charge is 0.394 e. The van der Waals surface area contributed by atoms with E-state index < -0.39 is 41.1 Å². The molecule has 0 aliphatic carbocycles. The molecule has 15 heavy (non-hydrogen) atoms. The highest BCUT2D eigenvalue weighted by Crippen LogP contribution is 2.34. The van der Waals surface area contributed by atoms with Gasteiger partial charge in [-0.1, -0.05) is 0 Å². The summed E-state index contributed by atoms with van der Waals surface area (Å²) in [6, 6.07) is -3.36. The first-order valence-electron chi connectivity index (χ1n) is 3.94. The highest BCUT2D eigenvalue weighted by Gasteiger charge is 2.58. The number of ether oxygens (including phenoxy) is 1. The van der Waals surface area contributed by atoms with E-state index in [2.05, 4.69) is 8.92 Å². The molecule has 4 atom stereocenters. The molecule has 1 aliphatic heterocycles. The third-order valence-corrected chi connectivity index (χ3v) is 2.34. The zero-order valence-corrected chi connectivity index (χ0v) is 8.52. The van der Waals surface area contributed by atoms with Crippen molar-refractivity contribution in [3.05, 3.63) is 0 Å². The van der Waals surface area contributed by atoms with Crippen LogP contribution in [0.15, 0.2) is 0 Å². The van der Waals surface area contributed by atoms with Crippen LogP contribution in [0.5, 0.6) is 0 Å². The van der Waals surface area contributed by atoms with Crippen molar-refractivity contribution in [3.63, 3.8) is 0 Å². The Bertz CT molecular complexity index is 330. The van der Waals surface area contributed by atoms with Crippen molar-refractivity contribution < 1.29 is 37.0 Å². The molecule has 0 aromatic heterocycles. The van der Waals surface area contributed by atoms with Crippen molar-refractivity contribution >= 4 is 10.1 Å². The van der Waals surface area contributed by atoms with Gasteiger partial charge < -0.3 is 20.1 Å². The van der Waals surface area contributed by atoms with Gasteiger partial charge in [0.1, 0.15) is 12.2 Å². The van der Waals surface area contributed by atoms with Crippen LogP contribution in [0.1, 0.15) is 0 Å². The third-order valence-electron chi connectivity index (χ3n) is 1.81. The average molecular weight is 246 g/mol. The predicted molar refractivity (Wildman–Crippen MR) is 43.7 cm³/mol. The van der Waals surface area contributed by atoms with Gasteiger partial charge in [0.25, 0.3) is 10.1 Å². The van der Waals surface area contributed by atoms with E-state index in [9.17, 15) is 12.8 Å². The van der Waals surface area contributed by atoms with Gasteiger partial charge in [-0.2, -0.15) is 12.8 Å². The fourth-order valence-electron chi connectivity index (χ4n) is 1.17. The van der Waals surface area contributed by atoms with Gasteiger partial charge in [0.2, 0.25) is 0 Å². The van der Waals surface area contributed by atoms with Crippen molar-refractivity contribution in [2.75, 3.05) is 12.9 Å². The maximum absolute atomic E-state index is 13.5. The highest BCUT2D eigenvalue weighted by molar-refractivity contribution is 7.86. The van der Waals surface area contributed by atoms with Gasteiger partial charge in [-0.15, -0.1) is 0 Å². The molecular weight excluding hydrogens is 235 g/mol. The summed E-state index contributed by atoms with van der Waals surface area (Å²) in [5.41, 5.74) is 0. The molecule has 0 amide bonds. The number of hydrogen-bond acceptors (Lipinski definition) is 7. The van der Waals surface area contributed by atoms with Crippen molar-refractivity contribution in [1.82, 2.24) is 0 Å². The molecular formula is C6H11FO7S. The van der Waals surface area contributed by atoms with Crippen LogP contribution in [-0.2, 0) is 19.0 Å². The molecule has 1 fully saturated rings. The average Bonchev–Trinajstić information content (AvgIpc) is 2.27. The molecule has 9 heteroatoms. The molecule has 0 spiro atoms. The van der Waals surface area contributed by atoms with Crippen LogP contribution < -0.4 is 0 Å². The number of aliphatic hydroxyl groups excluding tert-OH is 3. The first-order chi connectivity index (χ1) is 6.69. The minimum absolute atomic E-state index is 0.559. The van der Waals surface area contributed by atoms with Crippen LogP contribution in [0.25, 0.3) is 0 Å². The summed E-state index contributed by atoms with van der Waals surface area (Å²) >= 11 is 0. The molecule has 1 rings (SSSR count). The fraction of sp³-hybridized carbons (Fsp3) is 1.00. The Balaban J connectivity index is 2.87. The van der Waals surface area contributed by atoms with E-state index >= 15 is 0 Å². The van der Waals surface area contributed by atoms with Crippen LogP contribution in [-0.4, -0.2) is 61.0 Å². The summed E-state index contributed by atoms with van der Waals surface area (Å²) < 4.78 is 43.0. The first kappa shape index (κ1) is 12.7. The molecule has 0 saturated carbocycles. The summed E-state index contributed by atoms with van der Waals surface area (Å²) in [4.78, 5) is 0. The summed E-state index contributed by atoms with van der Waals surface area (Å²) in [5, 5.41) is 26.9. The monoisotopic (exact) mass is 246 g/mol. The Morgan fingerprint density at radius 3 is 2.40 bits per heavy atom. The van der Waals surface area contributed by atoms with Gasteiger partial charge in [0, 0.05) is 0 Å². The first-order valence-corrected chi connectivity index (χ1v) is 5.75. The summed E-state index contributed by atoms with van der Waals surface area (Å²) in [6.45, 7) is -0.781. The van der Waals surface area contributed by atoms with E-state index in [4.69, 9.17) is 15.3 Å². The van der Waals surface area contributed by atoms with Crippen LogP contribution in [0.4, 0.5) is 4.39 Å². The molecule has 0 aromatic carbocycles. The summed E-state index contributed by atoms with van der Waals surface area (Å²) in [5.74, 6) is 0. The van der Waals surface area contributed by atoms with Crippen LogP contribution in [0.2, 0.25) is 0 Å². The maximum Gasteiger partial charge on any atom is 0.364 e. The lowest BCUT2D eigenvalue weighted by atomic mass is 10.1. The minimum Gasteiger partial charge on any atom is -0.394 e. The Morgan fingerprint density at radius 2 is 2.07 bits per heavy atom. The Morgan fingerprint density at radius 1 is 1.53 bits per heavy atom. The van der Waals surface area contributed by atoms with Crippen molar-refractivity contribution in [3.8, 4) is 0 Å². The van der Waals surface area contributed by atoms with Crippen molar-refractivity contribution in [2.45, 2.75) is 24.4 Å². The topological polar surface area (TPSA) is 113 Å². The third kappa shape index (κ3) is 2.62. The molecule has 1 aliphatic rings. The molecule has 1 saturated heterocycles. The Hall–Kier alpha value is -0.320. The summed E-state index contributed by atoms with van der Waals surface area (Å²) in [6.07, 6.45) is -4.85. The minimum atomic E-state index is -4.21. The number of halogens is 1. The van der Waals surface area contributed by atoms with E-state index in [0.717, 1.165) is 0 Å². The lowest BCUT2D eigenvalue weighted by molar-refractivity contribution is -0.291. The molecule has 7 nitrogen and oxygen atoms in total. The Kier molecular flexibility index (Phi) is 3.33. The van der Waals surface area contributed by atoms with Gasteiger partial charge in [-0.05, 0) is 0 Å². The van der Waals surface area contributed by atoms with Crippen LogP contribution in [0, 0.1) is 0 Å². The molecule has 1 heterocycles. The molecule has 0 bridgehead atoms. The van der Waals surface area contributed by atoms with E-state index in [1.54, 1.807) is 0 Å². The second kappa shape index (κ2) is 3.92. The quantitative estimate of drug-likeness (QED) is 0.480. The molecule has 90 valence electrons. The number of aliphatic hydroxyl groups is 3. The zero-order chi connectivity index (χ0) is 11.9. The summed E-state index contributed by atoms with van der Waals surface area (Å²) in [7, 11) is -4.21. The smallest absolute Gasteiger partial charge is 0.364 e. The van der Waals surface area contributed by atoms with Crippen LogP contribution in [0.3, 0.4) is 0 Å². The van der Waals surface area contributed by atoms with E-state index in [-0.39, 0.29) is 0 Å². The SMILES string of the molecule is CS(=O)(=O)OC1(F)O[C@H](CO)[C@@H](O)[C@H]1O. The Labute approximate surface area is 85.2 Å². The molecule has 0 aromatic rings.